The molecule has 0 spiro atoms. The Morgan fingerprint density at radius 3 is 2.88 bits per heavy atom. The molecule has 0 aromatic carbocycles. The van der Waals surface area contributed by atoms with E-state index in [9.17, 15) is 5.11 Å². The fourth-order valence-corrected chi connectivity index (χ4v) is 2.48. The highest BCUT2D eigenvalue weighted by molar-refractivity contribution is 7.15. The van der Waals surface area contributed by atoms with Crippen molar-refractivity contribution in [1.29, 1.82) is 0 Å². The summed E-state index contributed by atoms with van der Waals surface area (Å²) in [6, 6.07) is 1.96. The highest BCUT2D eigenvalue weighted by atomic mass is 35.5. The van der Waals surface area contributed by atoms with Crippen LogP contribution in [0.1, 0.15) is 22.5 Å². The molecule has 2 aromatic rings. The van der Waals surface area contributed by atoms with Crippen LogP contribution in [0.25, 0.3) is 0 Å². The molecule has 0 saturated heterocycles. The molecule has 86 valence electrons. The average Bonchev–Trinajstić information content (AvgIpc) is 2.74. The molecule has 2 rings (SSSR count). The lowest BCUT2D eigenvalue weighted by Gasteiger charge is -2.06. The summed E-state index contributed by atoms with van der Waals surface area (Å²) >= 11 is 7.07. The SMILES string of the molecule is Cc1cc(CC(O)c2ncc(Cl)s2)n(C)n1. The number of aliphatic hydroxyl groups is 1. The van der Waals surface area contributed by atoms with Crippen LogP contribution in [0, 0.1) is 6.92 Å². The van der Waals surface area contributed by atoms with Gasteiger partial charge in [0.05, 0.1) is 11.9 Å². The van der Waals surface area contributed by atoms with Gasteiger partial charge >= 0.3 is 0 Å². The van der Waals surface area contributed by atoms with Crippen molar-refractivity contribution in [3.63, 3.8) is 0 Å². The predicted molar refractivity (Wildman–Crippen MR) is 63.7 cm³/mol. The zero-order valence-corrected chi connectivity index (χ0v) is 10.6. The van der Waals surface area contributed by atoms with Crippen molar-refractivity contribution in [2.75, 3.05) is 0 Å². The number of halogens is 1. The quantitative estimate of drug-likeness (QED) is 0.916. The van der Waals surface area contributed by atoms with Gasteiger partial charge in [0.2, 0.25) is 0 Å². The van der Waals surface area contributed by atoms with Gasteiger partial charge in [0.15, 0.2) is 0 Å². The molecule has 1 N–H and O–H groups in total. The summed E-state index contributed by atoms with van der Waals surface area (Å²) in [5.41, 5.74) is 1.93. The summed E-state index contributed by atoms with van der Waals surface area (Å²) in [4.78, 5) is 4.06. The Morgan fingerprint density at radius 1 is 1.62 bits per heavy atom. The second-order valence-electron chi connectivity index (χ2n) is 3.62. The maximum absolute atomic E-state index is 9.97. The van der Waals surface area contributed by atoms with Crippen LogP contribution in [0.2, 0.25) is 4.34 Å². The van der Waals surface area contributed by atoms with E-state index in [1.165, 1.54) is 11.3 Å². The summed E-state index contributed by atoms with van der Waals surface area (Å²) in [7, 11) is 1.86. The molecule has 0 saturated carbocycles. The summed E-state index contributed by atoms with van der Waals surface area (Å²) in [6.07, 6.45) is 1.44. The molecule has 2 aromatic heterocycles. The van der Waals surface area contributed by atoms with E-state index in [4.69, 9.17) is 11.6 Å². The molecule has 2 heterocycles. The van der Waals surface area contributed by atoms with Gasteiger partial charge in [0.1, 0.15) is 15.4 Å². The lowest BCUT2D eigenvalue weighted by Crippen LogP contribution is -2.06. The van der Waals surface area contributed by atoms with E-state index in [0.717, 1.165) is 11.4 Å². The van der Waals surface area contributed by atoms with Gasteiger partial charge in [-0.05, 0) is 13.0 Å². The highest BCUT2D eigenvalue weighted by Crippen LogP contribution is 2.26. The van der Waals surface area contributed by atoms with E-state index >= 15 is 0 Å². The summed E-state index contributed by atoms with van der Waals surface area (Å²) < 4.78 is 2.36. The molecule has 0 bridgehead atoms. The summed E-state index contributed by atoms with van der Waals surface area (Å²) in [5, 5.41) is 14.8. The largest absolute Gasteiger partial charge is 0.386 e. The van der Waals surface area contributed by atoms with Crippen molar-refractivity contribution in [2.24, 2.45) is 7.05 Å². The molecule has 0 aliphatic rings. The van der Waals surface area contributed by atoms with Crippen LogP contribution < -0.4 is 0 Å². The lowest BCUT2D eigenvalue weighted by atomic mass is 10.2. The van der Waals surface area contributed by atoms with Crippen LogP contribution in [0.3, 0.4) is 0 Å². The molecule has 0 aliphatic heterocycles. The van der Waals surface area contributed by atoms with Crippen molar-refractivity contribution in [3.05, 3.63) is 33.0 Å². The van der Waals surface area contributed by atoms with E-state index in [2.05, 4.69) is 10.1 Å². The number of hydrogen-bond acceptors (Lipinski definition) is 4. The van der Waals surface area contributed by atoms with Gasteiger partial charge in [0.25, 0.3) is 0 Å². The maximum Gasteiger partial charge on any atom is 0.123 e. The van der Waals surface area contributed by atoms with Crippen LogP contribution in [0.15, 0.2) is 12.3 Å². The predicted octanol–water partition coefficient (Wildman–Crippen LogP) is 2.11. The smallest absolute Gasteiger partial charge is 0.123 e. The minimum Gasteiger partial charge on any atom is -0.386 e. The normalized spacial score (nSPS) is 13.0. The average molecular weight is 258 g/mol. The Balaban J connectivity index is 2.13. The van der Waals surface area contributed by atoms with Crippen LogP contribution in [-0.4, -0.2) is 19.9 Å². The molecule has 1 atom stereocenters. The molecule has 0 radical (unpaired) electrons. The third-order valence-electron chi connectivity index (χ3n) is 2.28. The standard InChI is InChI=1S/C10H12ClN3OS/c1-6-3-7(14(2)13-6)4-8(15)10-12-5-9(11)16-10/h3,5,8,15H,4H2,1-2H3. The molecule has 0 fully saturated rings. The van der Waals surface area contributed by atoms with Crippen LogP contribution in [0.4, 0.5) is 0 Å². The third kappa shape index (κ3) is 2.42. The summed E-state index contributed by atoms with van der Waals surface area (Å²) in [5.74, 6) is 0. The molecule has 6 heteroatoms. The Bertz CT molecular complexity index is 494. The molecule has 16 heavy (non-hydrogen) atoms. The molecule has 0 aliphatic carbocycles. The van der Waals surface area contributed by atoms with Gasteiger partial charge in [-0.2, -0.15) is 5.10 Å². The zero-order valence-electron chi connectivity index (χ0n) is 9.01. The van der Waals surface area contributed by atoms with Crippen LogP contribution >= 0.6 is 22.9 Å². The summed E-state index contributed by atoms with van der Waals surface area (Å²) in [6.45, 7) is 1.93. The minimum atomic E-state index is -0.618. The van der Waals surface area contributed by atoms with Crippen molar-refractivity contribution >= 4 is 22.9 Å². The van der Waals surface area contributed by atoms with Gasteiger partial charge in [-0.15, -0.1) is 11.3 Å². The van der Waals surface area contributed by atoms with Crippen molar-refractivity contribution in [2.45, 2.75) is 19.4 Å². The van der Waals surface area contributed by atoms with E-state index in [1.807, 2.05) is 20.0 Å². The first-order chi connectivity index (χ1) is 7.56. The zero-order chi connectivity index (χ0) is 11.7. The Morgan fingerprint density at radius 2 is 2.38 bits per heavy atom. The van der Waals surface area contributed by atoms with Gasteiger partial charge in [-0.1, -0.05) is 11.6 Å². The second kappa shape index (κ2) is 4.53. The van der Waals surface area contributed by atoms with Crippen LogP contribution in [-0.2, 0) is 13.5 Å². The van der Waals surface area contributed by atoms with Gasteiger partial charge in [0, 0.05) is 19.2 Å². The van der Waals surface area contributed by atoms with Gasteiger partial charge in [-0.25, -0.2) is 4.98 Å². The van der Waals surface area contributed by atoms with Crippen molar-refractivity contribution in [3.8, 4) is 0 Å². The van der Waals surface area contributed by atoms with E-state index in [1.54, 1.807) is 10.9 Å². The fraction of sp³-hybridized carbons (Fsp3) is 0.400. The molecule has 0 amide bonds. The minimum absolute atomic E-state index is 0.501. The molecular formula is C10H12ClN3OS. The second-order valence-corrected chi connectivity index (χ2v) is 5.32. The number of nitrogens with zero attached hydrogens (tertiary/aromatic N) is 3. The number of rotatable bonds is 3. The molecule has 4 nitrogen and oxygen atoms in total. The first-order valence-corrected chi connectivity index (χ1v) is 6.04. The Hall–Kier alpha value is -0.910. The third-order valence-corrected chi connectivity index (χ3v) is 3.50. The van der Waals surface area contributed by atoms with Crippen molar-refractivity contribution < 1.29 is 5.11 Å². The van der Waals surface area contributed by atoms with Crippen LogP contribution in [0.5, 0.6) is 0 Å². The monoisotopic (exact) mass is 257 g/mol. The number of aryl methyl sites for hydroxylation is 2. The number of thiazole rings is 1. The highest BCUT2D eigenvalue weighted by Gasteiger charge is 2.15. The Labute approximate surface area is 103 Å². The maximum atomic E-state index is 9.97. The Kier molecular flexibility index (Phi) is 3.28. The number of hydrogen-bond donors (Lipinski definition) is 1. The van der Waals surface area contributed by atoms with Crippen molar-refractivity contribution in [1.82, 2.24) is 14.8 Å². The van der Waals surface area contributed by atoms with E-state index in [-0.39, 0.29) is 0 Å². The fourth-order valence-electron chi connectivity index (χ4n) is 1.56. The van der Waals surface area contributed by atoms with Gasteiger partial charge in [-0.3, -0.25) is 4.68 Å². The first kappa shape index (κ1) is 11.6. The molecular weight excluding hydrogens is 246 g/mol. The molecule has 1 unspecified atom stereocenters. The van der Waals surface area contributed by atoms with E-state index < -0.39 is 6.10 Å². The van der Waals surface area contributed by atoms with E-state index in [0.29, 0.717) is 15.8 Å². The lowest BCUT2D eigenvalue weighted by molar-refractivity contribution is 0.175. The first-order valence-electron chi connectivity index (χ1n) is 4.85. The number of aliphatic hydroxyl groups excluding tert-OH is 1. The van der Waals surface area contributed by atoms with Gasteiger partial charge < -0.3 is 5.11 Å². The topological polar surface area (TPSA) is 50.9 Å². The number of aromatic nitrogens is 3.